The first-order valence-electron chi connectivity index (χ1n) is 8.17. The lowest BCUT2D eigenvalue weighted by molar-refractivity contribution is 0.427. The van der Waals surface area contributed by atoms with Gasteiger partial charge in [-0.2, -0.15) is 0 Å². The second-order valence-corrected chi connectivity index (χ2v) is 10.1. The summed E-state index contributed by atoms with van der Waals surface area (Å²) in [5.41, 5.74) is 0. The zero-order valence-electron chi connectivity index (χ0n) is 15.4. The van der Waals surface area contributed by atoms with Crippen molar-refractivity contribution in [1.29, 1.82) is 0 Å². The molecule has 1 unspecified atom stereocenters. The molecule has 0 aliphatic carbocycles. The molecule has 2 N–H and O–H groups in total. The van der Waals surface area contributed by atoms with Crippen molar-refractivity contribution >= 4 is 25.8 Å². The van der Waals surface area contributed by atoms with Crippen LogP contribution in [0.15, 0.2) is 4.99 Å². The fourth-order valence-corrected chi connectivity index (χ4v) is 3.72. The van der Waals surface area contributed by atoms with Crippen LogP contribution in [0, 0.1) is 0 Å². The van der Waals surface area contributed by atoms with Crippen LogP contribution in [0.2, 0.25) is 0 Å². The Hall–Kier alpha value is -0.870. The highest BCUT2D eigenvalue weighted by atomic mass is 32.2. The first-order chi connectivity index (χ1) is 11.0. The van der Waals surface area contributed by atoms with Crippen LogP contribution in [-0.2, 0) is 19.9 Å². The highest BCUT2D eigenvalue weighted by Gasteiger charge is 2.13. The number of hydrogen-bond donors (Lipinski definition) is 2. The summed E-state index contributed by atoms with van der Waals surface area (Å²) >= 11 is 0. The van der Waals surface area contributed by atoms with Gasteiger partial charge < -0.3 is 10.6 Å². The van der Waals surface area contributed by atoms with E-state index < -0.39 is 19.9 Å². The first kappa shape index (κ1) is 23.1. The number of nitrogens with one attached hydrogen (secondary N) is 2. The van der Waals surface area contributed by atoms with Crippen molar-refractivity contribution in [2.24, 2.45) is 4.99 Å². The monoisotopic (exact) mass is 384 g/mol. The van der Waals surface area contributed by atoms with E-state index in [0.29, 0.717) is 45.0 Å². The second kappa shape index (κ2) is 10.9. The van der Waals surface area contributed by atoms with E-state index in [4.69, 9.17) is 0 Å². The quantitative estimate of drug-likeness (QED) is 0.296. The van der Waals surface area contributed by atoms with E-state index in [9.17, 15) is 16.8 Å². The van der Waals surface area contributed by atoms with Gasteiger partial charge >= 0.3 is 0 Å². The Morgan fingerprint density at radius 3 is 2.25 bits per heavy atom. The number of hydrogen-bond acceptors (Lipinski definition) is 5. The predicted molar refractivity (Wildman–Crippen MR) is 99.6 cm³/mol. The number of aliphatic imine (C=N–C) groups is 1. The molecule has 24 heavy (non-hydrogen) atoms. The van der Waals surface area contributed by atoms with Crippen molar-refractivity contribution in [3.05, 3.63) is 0 Å². The molecule has 0 spiro atoms. The minimum absolute atomic E-state index is 0.0271. The number of sulfonamides is 1. The number of nitrogens with zero attached hydrogens (tertiary/aromatic N) is 2. The van der Waals surface area contributed by atoms with Crippen molar-refractivity contribution in [3.8, 4) is 0 Å². The van der Waals surface area contributed by atoms with Gasteiger partial charge in [0.2, 0.25) is 10.0 Å². The van der Waals surface area contributed by atoms with Crippen LogP contribution in [0.5, 0.6) is 0 Å². The van der Waals surface area contributed by atoms with Gasteiger partial charge in [-0.1, -0.05) is 6.92 Å². The smallest absolute Gasteiger partial charge is 0.211 e. The van der Waals surface area contributed by atoms with Crippen LogP contribution in [0.25, 0.3) is 0 Å². The first-order valence-corrected chi connectivity index (χ1v) is 12.1. The van der Waals surface area contributed by atoms with E-state index in [1.165, 1.54) is 16.8 Å². The summed E-state index contributed by atoms with van der Waals surface area (Å²) in [5, 5.41) is 6.27. The Labute approximate surface area is 147 Å². The molecule has 0 aliphatic rings. The lowest BCUT2D eigenvalue weighted by Crippen LogP contribution is -2.43. The summed E-state index contributed by atoms with van der Waals surface area (Å²) in [7, 11) is -6.15. The van der Waals surface area contributed by atoms with Gasteiger partial charge in [0.05, 0.1) is 12.0 Å². The van der Waals surface area contributed by atoms with Crippen molar-refractivity contribution in [2.75, 3.05) is 44.4 Å². The van der Waals surface area contributed by atoms with Crippen LogP contribution in [0.1, 0.15) is 33.6 Å². The molecule has 0 aromatic rings. The molecule has 0 saturated heterocycles. The van der Waals surface area contributed by atoms with E-state index >= 15 is 0 Å². The molecule has 8 nitrogen and oxygen atoms in total. The summed E-state index contributed by atoms with van der Waals surface area (Å²) in [6, 6.07) is -0.0271. The SMILES string of the molecule is CCNC(=NCCCN(CC)S(C)(=O)=O)NC(C)CCS(C)(=O)=O. The molecule has 0 saturated carbocycles. The van der Waals surface area contributed by atoms with Gasteiger partial charge in [-0.25, -0.2) is 21.1 Å². The lowest BCUT2D eigenvalue weighted by Gasteiger charge is -2.18. The van der Waals surface area contributed by atoms with E-state index in [-0.39, 0.29) is 11.8 Å². The largest absolute Gasteiger partial charge is 0.357 e. The maximum absolute atomic E-state index is 11.5. The van der Waals surface area contributed by atoms with Gasteiger partial charge in [0.1, 0.15) is 9.84 Å². The zero-order valence-corrected chi connectivity index (χ0v) is 17.0. The number of rotatable bonds is 11. The Bertz CT molecular complexity index is 588. The molecule has 1 atom stereocenters. The summed E-state index contributed by atoms with van der Waals surface area (Å²) in [6.45, 7) is 7.71. The fraction of sp³-hybridized carbons (Fsp3) is 0.929. The van der Waals surface area contributed by atoms with Crippen molar-refractivity contribution in [1.82, 2.24) is 14.9 Å². The molecule has 0 aromatic carbocycles. The molecule has 0 heterocycles. The Morgan fingerprint density at radius 1 is 1.17 bits per heavy atom. The molecular weight excluding hydrogens is 352 g/mol. The predicted octanol–water partition coefficient (Wildman–Crippen LogP) is 0.0363. The lowest BCUT2D eigenvalue weighted by atomic mass is 10.3. The minimum Gasteiger partial charge on any atom is -0.357 e. The van der Waals surface area contributed by atoms with E-state index in [0.717, 1.165) is 0 Å². The highest BCUT2D eigenvalue weighted by Crippen LogP contribution is 1.99. The Kier molecular flexibility index (Phi) is 10.5. The molecule has 0 rings (SSSR count). The van der Waals surface area contributed by atoms with Crippen LogP contribution in [-0.4, -0.2) is 77.6 Å². The molecule has 0 aromatic heterocycles. The number of guanidine groups is 1. The molecule has 0 bridgehead atoms. The van der Waals surface area contributed by atoms with Crippen LogP contribution < -0.4 is 10.6 Å². The molecule has 144 valence electrons. The molecule has 10 heteroatoms. The van der Waals surface area contributed by atoms with Gasteiger partial charge in [-0.3, -0.25) is 4.99 Å². The maximum atomic E-state index is 11.5. The van der Waals surface area contributed by atoms with Crippen LogP contribution >= 0.6 is 0 Å². The van der Waals surface area contributed by atoms with Gasteiger partial charge in [-0.15, -0.1) is 0 Å². The normalized spacial score (nSPS) is 14.7. The van der Waals surface area contributed by atoms with Gasteiger partial charge in [0.25, 0.3) is 0 Å². The van der Waals surface area contributed by atoms with E-state index in [1.54, 1.807) is 6.92 Å². The Balaban J connectivity index is 4.46. The number of sulfone groups is 1. The molecule has 0 amide bonds. The van der Waals surface area contributed by atoms with Gasteiger partial charge in [0.15, 0.2) is 5.96 Å². The molecule has 0 aliphatic heterocycles. The fourth-order valence-electron chi connectivity index (χ4n) is 2.01. The highest BCUT2D eigenvalue weighted by molar-refractivity contribution is 7.90. The van der Waals surface area contributed by atoms with Gasteiger partial charge in [-0.05, 0) is 26.7 Å². The van der Waals surface area contributed by atoms with E-state index in [1.807, 2.05) is 13.8 Å². The molecule has 0 fully saturated rings. The third kappa shape index (κ3) is 11.6. The van der Waals surface area contributed by atoms with Crippen LogP contribution in [0.3, 0.4) is 0 Å². The summed E-state index contributed by atoms with van der Waals surface area (Å²) in [5.74, 6) is 0.737. The van der Waals surface area contributed by atoms with Crippen LogP contribution in [0.4, 0.5) is 0 Å². The third-order valence-corrected chi connectivity index (χ3v) is 5.66. The second-order valence-electron chi connectivity index (χ2n) is 5.83. The Morgan fingerprint density at radius 2 is 1.79 bits per heavy atom. The standard InChI is InChI=1S/C14H32N4O4S2/c1-6-15-14(17-13(3)9-12-23(4,19)20)16-10-8-11-18(7-2)24(5,21)22/h13H,6-12H2,1-5H3,(H2,15,16,17). The summed E-state index contributed by atoms with van der Waals surface area (Å²) in [4.78, 5) is 4.41. The maximum Gasteiger partial charge on any atom is 0.211 e. The van der Waals surface area contributed by atoms with Crippen molar-refractivity contribution in [3.63, 3.8) is 0 Å². The molecule has 0 radical (unpaired) electrons. The van der Waals surface area contributed by atoms with E-state index in [2.05, 4.69) is 15.6 Å². The van der Waals surface area contributed by atoms with Gasteiger partial charge in [0, 0.05) is 38.5 Å². The third-order valence-electron chi connectivity index (χ3n) is 3.31. The summed E-state index contributed by atoms with van der Waals surface area (Å²) < 4.78 is 46.8. The average Bonchev–Trinajstić information content (AvgIpc) is 2.43. The minimum atomic E-state index is -3.17. The zero-order chi connectivity index (χ0) is 18.8. The average molecular weight is 385 g/mol. The topological polar surface area (TPSA) is 108 Å². The molecular formula is C14H32N4O4S2. The summed E-state index contributed by atoms with van der Waals surface area (Å²) in [6.07, 6.45) is 3.55. The van der Waals surface area contributed by atoms with Crippen molar-refractivity contribution < 1.29 is 16.8 Å². The van der Waals surface area contributed by atoms with Crippen molar-refractivity contribution in [2.45, 2.75) is 39.7 Å².